The van der Waals surface area contributed by atoms with E-state index in [-0.39, 0.29) is 11.5 Å². The third-order valence-electron chi connectivity index (χ3n) is 3.01. The van der Waals surface area contributed by atoms with Crippen LogP contribution in [0.15, 0.2) is 30.3 Å². The largest absolute Gasteiger partial charge is 0.492 e. The summed E-state index contributed by atoms with van der Waals surface area (Å²) in [5.74, 6) is -3.34. The Kier molecular flexibility index (Phi) is 5.40. The Bertz CT molecular complexity index is 529. The monoisotopic (exact) mass is 319 g/mol. The van der Waals surface area contributed by atoms with Crippen LogP contribution in [0.5, 0.6) is 5.75 Å². The van der Waals surface area contributed by atoms with Gasteiger partial charge in [0.25, 0.3) is 0 Å². The molecule has 0 atom stereocenters. The normalized spacial score (nSPS) is 11.9. The van der Waals surface area contributed by atoms with Crippen molar-refractivity contribution in [2.75, 3.05) is 13.2 Å². The molecule has 0 aliphatic rings. The van der Waals surface area contributed by atoms with E-state index in [0.29, 0.717) is 5.75 Å². The lowest BCUT2D eigenvalue weighted by atomic mass is 10.0. The lowest BCUT2D eigenvalue weighted by Crippen LogP contribution is -2.57. The number of carbonyl (C=O) groups excluding carboxylic acids is 1. The zero-order valence-electron chi connectivity index (χ0n) is 12.1. The fourth-order valence-corrected chi connectivity index (χ4v) is 1.67. The lowest BCUT2D eigenvalue weighted by Gasteiger charge is -2.35. The van der Waals surface area contributed by atoms with Crippen molar-refractivity contribution >= 4 is 11.9 Å². The Morgan fingerprint density at radius 2 is 1.73 bits per heavy atom. The van der Waals surface area contributed by atoms with Crippen LogP contribution < -0.4 is 4.74 Å². The third-order valence-corrected chi connectivity index (χ3v) is 3.01. The SMILES string of the molecule is CC(C)(C(=O)O)N(CCOc1ccccc1)C(=O)C(F)(F)F. The number of amides is 1. The quantitative estimate of drug-likeness (QED) is 0.874. The minimum atomic E-state index is -5.15. The second-order valence-corrected chi connectivity index (χ2v) is 4.98. The molecule has 5 nitrogen and oxygen atoms in total. The van der Waals surface area contributed by atoms with Crippen molar-refractivity contribution in [1.82, 2.24) is 4.90 Å². The van der Waals surface area contributed by atoms with Crippen LogP contribution in [0.3, 0.4) is 0 Å². The molecule has 0 bridgehead atoms. The van der Waals surface area contributed by atoms with Crippen molar-refractivity contribution in [2.45, 2.75) is 25.6 Å². The maximum absolute atomic E-state index is 12.6. The zero-order chi connectivity index (χ0) is 17.0. The van der Waals surface area contributed by atoms with Crippen LogP contribution in [0.1, 0.15) is 13.8 Å². The van der Waals surface area contributed by atoms with Crippen molar-refractivity contribution in [3.05, 3.63) is 30.3 Å². The zero-order valence-corrected chi connectivity index (χ0v) is 12.1. The summed E-state index contributed by atoms with van der Waals surface area (Å²) in [6.07, 6.45) is -5.15. The van der Waals surface area contributed by atoms with Crippen LogP contribution in [0.2, 0.25) is 0 Å². The second kappa shape index (κ2) is 6.67. The van der Waals surface area contributed by atoms with Crippen LogP contribution in [-0.4, -0.2) is 46.7 Å². The number of halogens is 3. The minimum Gasteiger partial charge on any atom is -0.492 e. The molecule has 0 aromatic heterocycles. The number of ether oxygens (including phenoxy) is 1. The van der Waals surface area contributed by atoms with Gasteiger partial charge in [-0.25, -0.2) is 4.79 Å². The summed E-state index contributed by atoms with van der Waals surface area (Å²) in [6, 6.07) is 8.28. The van der Waals surface area contributed by atoms with Gasteiger partial charge in [0.1, 0.15) is 17.9 Å². The number of carboxylic acids is 1. The van der Waals surface area contributed by atoms with Gasteiger partial charge in [-0.1, -0.05) is 18.2 Å². The Morgan fingerprint density at radius 3 is 2.18 bits per heavy atom. The first-order chi connectivity index (χ1) is 10.1. The number of benzene rings is 1. The third kappa shape index (κ3) is 4.37. The van der Waals surface area contributed by atoms with Gasteiger partial charge in [0.05, 0.1) is 6.54 Å². The fraction of sp³-hybridized carbons (Fsp3) is 0.429. The number of nitrogens with zero attached hydrogens (tertiary/aromatic N) is 1. The van der Waals surface area contributed by atoms with Crippen LogP contribution in [0.25, 0.3) is 0 Å². The molecular formula is C14H16F3NO4. The summed E-state index contributed by atoms with van der Waals surface area (Å²) in [5, 5.41) is 9.04. The average Bonchev–Trinajstić information content (AvgIpc) is 2.42. The maximum atomic E-state index is 12.6. The van der Waals surface area contributed by atoms with E-state index >= 15 is 0 Å². The molecule has 1 aromatic rings. The van der Waals surface area contributed by atoms with Crippen LogP contribution >= 0.6 is 0 Å². The predicted octanol–water partition coefficient (Wildman–Crippen LogP) is 2.32. The van der Waals surface area contributed by atoms with Gasteiger partial charge in [-0.2, -0.15) is 13.2 Å². The number of para-hydroxylation sites is 1. The highest BCUT2D eigenvalue weighted by Crippen LogP contribution is 2.24. The standard InChI is InChI=1S/C14H16F3NO4/c1-13(2,12(20)21)18(11(19)14(15,16)17)8-9-22-10-6-4-3-5-7-10/h3-7H,8-9H2,1-2H3,(H,20,21). The van der Waals surface area contributed by atoms with E-state index < -0.39 is 30.1 Å². The van der Waals surface area contributed by atoms with Gasteiger partial charge >= 0.3 is 18.1 Å². The molecule has 0 fully saturated rings. The van der Waals surface area contributed by atoms with Crippen molar-refractivity contribution in [1.29, 1.82) is 0 Å². The average molecular weight is 319 g/mol. The van der Waals surface area contributed by atoms with Gasteiger partial charge < -0.3 is 14.7 Å². The van der Waals surface area contributed by atoms with E-state index in [9.17, 15) is 22.8 Å². The molecule has 0 aliphatic heterocycles. The first kappa shape index (κ1) is 17.8. The molecule has 122 valence electrons. The predicted molar refractivity (Wildman–Crippen MR) is 71.4 cm³/mol. The Morgan fingerprint density at radius 1 is 1.18 bits per heavy atom. The molecule has 1 N–H and O–H groups in total. The molecule has 1 aromatic carbocycles. The Labute approximate surface area is 125 Å². The van der Waals surface area contributed by atoms with Crippen molar-refractivity contribution in [3.8, 4) is 5.75 Å². The topological polar surface area (TPSA) is 66.8 Å². The molecule has 1 rings (SSSR count). The molecule has 0 saturated carbocycles. The molecule has 0 aliphatic carbocycles. The molecule has 8 heteroatoms. The first-order valence-corrected chi connectivity index (χ1v) is 6.37. The van der Waals surface area contributed by atoms with Crippen LogP contribution in [0, 0.1) is 0 Å². The van der Waals surface area contributed by atoms with Crippen molar-refractivity contribution in [3.63, 3.8) is 0 Å². The summed E-state index contributed by atoms with van der Waals surface area (Å²) < 4.78 is 43.1. The summed E-state index contributed by atoms with van der Waals surface area (Å²) in [6.45, 7) is 1.29. The van der Waals surface area contributed by atoms with E-state index in [1.165, 1.54) is 0 Å². The fourth-order valence-electron chi connectivity index (χ4n) is 1.67. The van der Waals surface area contributed by atoms with E-state index in [0.717, 1.165) is 13.8 Å². The number of alkyl halides is 3. The Balaban J connectivity index is 2.83. The number of aliphatic carboxylic acids is 1. The molecule has 0 unspecified atom stereocenters. The number of carboxylic acid groups (broad SMARTS) is 1. The van der Waals surface area contributed by atoms with Gasteiger partial charge in [0, 0.05) is 0 Å². The smallest absolute Gasteiger partial charge is 0.471 e. The van der Waals surface area contributed by atoms with E-state index in [1.54, 1.807) is 30.3 Å². The highest BCUT2D eigenvalue weighted by molar-refractivity contribution is 5.89. The second-order valence-electron chi connectivity index (χ2n) is 4.98. The van der Waals surface area contributed by atoms with Gasteiger partial charge in [-0.15, -0.1) is 0 Å². The highest BCUT2D eigenvalue weighted by Gasteiger charge is 2.49. The van der Waals surface area contributed by atoms with Crippen LogP contribution in [0.4, 0.5) is 13.2 Å². The molecule has 0 spiro atoms. The molecule has 0 heterocycles. The van der Waals surface area contributed by atoms with Gasteiger partial charge in [0.2, 0.25) is 0 Å². The maximum Gasteiger partial charge on any atom is 0.471 e. The summed E-state index contributed by atoms with van der Waals surface area (Å²) in [4.78, 5) is 22.8. The number of hydrogen-bond acceptors (Lipinski definition) is 3. The van der Waals surface area contributed by atoms with Gasteiger partial charge in [-0.3, -0.25) is 4.79 Å². The van der Waals surface area contributed by atoms with Crippen LogP contribution in [-0.2, 0) is 9.59 Å². The van der Waals surface area contributed by atoms with Crippen molar-refractivity contribution in [2.24, 2.45) is 0 Å². The van der Waals surface area contributed by atoms with E-state index in [2.05, 4.69) is 0 Å². The molecule has 22 heavy (non-hydrogen) atoms. The number of hydrogen-bond donors (Lipinski definition) is 1. The summed E-state index contributed by atoms with van der Waals surface area (Å²) >= 11 is 0. The lowest BCUT2D eigenvalue weighted by molar-refractivity contribution is -0.194. The molecular weight excluding hydrogens is 303 g/mol. The molecule has 0 saturated heterocycles. The van der Waals surface area contributed by atoms with E-state index in [4.69, 9.17) is 9.84 Å². The minimum absolute atomic E-state index is 0.248. The summed E-state index contributed by atoms with van der Waals surface area (Å²) in [5.41, 5.74) is -2.01. The van der Waals surface area contributed by atoms with Gasteiger partial charge in [0.15, 0.2) is 0 Å². The Hall–Kier alpha value is -2.25. The molecule has 0 radical (unpaired) electrons. The highest BCUT2D eigenvalue weighted by atomic mass is 19.4. The first-order valence-electron chi connectivity index (χ1n) is 6.37. The number of rotatable bonds is 6. The molecule has 1 amide bonds. The van der Waals surface area contributed by atoms with E-state index in [1.807, 2.05) is 0 Å². The summed E-state index contributed by atoms with van der Waals surface area (Å²) in [7, 11) is 0. The number of carbonyl (C=O) groups is 2. The van der Waals surface area contributed by atoms with Gasteiger partial charge in [-0.05, 0) is 26.0 Å². The van der Waals surface area contributed by atoms with Crippen molar-refractivity contribution < 1.29 is 32.6 Å².